The Kier molecular flexibility index (Phi) is 8.37. The van der Waals surface area contributed by atoms with E-state index in [1.54, 1.807) is 12.1 Å². The number of nitriles is 4. The molecule has 0 unspecified atom stereocenters. The maximum absolute atomic E-state index is 10.4. The van der Waals surface area contributed by atoms with Crippen LogP contribution in [-0.4, -0.2) is 9.13 Å². The van der Waals surface area contributed by atoms with Gasteiger partial charge in [0.2, 0.25) is 0 Å². The summed E-state index contributed by atoms with van der Waals surface area (Å²) in [5.41, 5.74) is 15.3. The maximum Gasteiger partial charge on any atom is 0.101 e. The molecule has 0 saturated carbocycles. The van der Waals surface area contributed by atoms with Crippen LogP contribution in [0.5, 0.6) is 0 Å². The van der Waals surface area contributed by atoms with Crippen molar-refractivity contribution in [3.63, 3.8) is 0 Å². The Bertz CT molecular complexity index is 3360. The Morgan fingerprint density at radius 1 is 0.333 bits per heavy atom. The van der Waals surface area contributed by atoms with Crippen molar-refractivity contribution in [2.45, 2.75) is 13.8 Å². The SMILES string of the molecule is Cc1cc(C#N)cc(C#N)c1-n1c2ccc(-c3ccccc3)cc2c2cc(-c3ccc4c(c3)c3cc(-c5ccccc5)ccc3n4-c3c(C)cc(C#N)cc3C#N)ccc21. The zero-order chi connectivity index (χ0) is 41.1. The predicted molar refractivity (Wildman–Crippen MR) is 240 cm³/mol. The summed E-state index contributed by atoms with van der Waals surface area (Å²) < 4.78 is 4.32. The molecule has 0 amide bonds. The van der Waals surface area contributed by atoms with Crippen LogP contribution in [0.1, 0.15) is 33.4 Å². The minimum absolute atomic E-state index is 0.440. The van der Waals surface area contributed by atoms with E-state index in [1.807, 2.05) is 62.4 Å². The highest BCUT2D eigenvalue weighted by atomic mass is 15.0. The van der Waals surface area contributed by atoms with Gasteiger partial charge in [-0.1, -0.05) is 84.9 Å². The number of hydrogen-bond acceptors (Lipinski definition) is 4. The van der Waals surface area contributed by atoms with E-state index in [1.165, 1.54) is 0 Å². The lowest BCUT2D eigenvalue weighted by Crippen LogP contribution is -2.02. The molecule has 0 atom stereocenters. The van der Waals surface area contributed by atoms with Gasteiger partial charge >= 0.3 is 0 Å². The highest BCUT2D eigenvalue weighted by Crippen LogP contribution is 2.42. The van der Waals surface area contributed by atoms with Crippen molar-refractivity contribution < 1.29 is 0 Å². The minimum Gasteiger partial charge on any atom is -0.308 e. The van der Waals surface area contributed by atoms with Crippen molar-refractivity contribution in [3.8, 4) is 69.0 Å². The van der Waals surface area contributed by atoms with Gasteiger partial charge in [-0.05, 0) is 131 Å². The fourth-order valence-corrected chi connectivity index (χ4v) is 8.96. The highest BCUT2D eigenvalue weighted by Gasteiger charge is 2.22. The van der Waals surface area contributed by atoms with Gasteiger partial charge in [0.25, 0.3) is 0 Å². The van der Waals surface area contributed by atoms with Gasteiger partial charge in [0.05, 0.1) is 67.8 Å². The fraction of sp³-hybridized carbons (Fsp3) is 0.0370. The van der Waals surface area contributed by atoms with Gasteiger partial charge in [0, 0.05) is 21.5 Å². The van der Waals surface area contributed by atoms with Gasteiger partial charge in [-0.25, -0.2) is 0 Å². The van der Waals surface area contributed by atoms with E-state index in [0.29, 0.717) is 22.3 Å². The highest BCUT2D eigenvalue weighted by molar-refractivity contribution is 6.14. The topological polar surface area (TPSA) is 105 Å². The van der Waals surface area contributed by atoms with E-state index in [0.717, 1.165) is 99.5 Å². The standard InChI is InChI=1S/C54H32N6/c1-33-21-35(29-55)23-43(31-57)53(33)59-49-17-13-39(37-9-5-3-6-10-37)25-45(49)47-27-41(15-19-51(47)59)42-16-20-52-48(28-42)46-26-40(38-11-7-4-8-12-38)14-18-50(46)60(52)54-34(2)22-36(30-56)24-44(54)32-58/h3-28H,1-2H3. The van der Waals surface area contributed by atoms with Crippen LogP contribution < -0.4 is 0 Å². The summed E-state index contributed by atoms with van der Waals surface area (Å²) in [6.45, 7) is 3.91. The van der Waals surface area contributed by atoms with Crippen LogP contribution in [0.15, 0.2) is 158 Å². The molecule has 278 valence electrons. The van der Waals surface area contributed by atoms with Gasteiger partial charge < -0.3 is 9.13 Å². The van der Waals surface area contributed by atoms with Gasteiger partial charge in [-0.15, -0.1) is 0 Å². The lowest BCUT2D eigenvalue weighted by molar-refractivity contribution is 1.13. The number of rotatable bonds is 5. The van der Waals surface area contributed by atoms with Crippen molar-refractivity contribution in [1.82, 2.24) is 9.13 Å². The summed E-state index contributed by atoms with van der Waals surface area (Å²) in [7, 11) is 0. The first-order chi connectivity index (χ1) is 29.4. The molecule has 0 aliphatic heterocycles. The second-order valence-electron chi connectivity index (χ2n) is 15.2. The van der Waals surface area contributed by atoms with Gasteiger partial charge in [-0.2, -0.15) is 21.0 Å². The molecule has 0 radical (unpaired) electrons. The fourth-order valence-electron chi connectivity index (χ4n) is 8.96. The van der Waals surface area contributed by atoms with E-state index in [2.05, 4.69) is 130 Å². The largest absolute Gasteiger partial charge is 0.308 e. The Labute approximate surface area is 346 Å². The van der Waals surface area contributed by atoms with Crippen molar-refractivity contribution >= 4 is 43.6 Å². The molecule has 10 rings (SSSR count). The quantitative estimate of drug-likeness (QED) is 0.174. The first-order valence-corrected chi connectivity index (χ1v) is 19.6. The summed E-state index contributed by atoms with van der Waals surface area (Å²) in [6.07, 6.45) is 0. The maximum atomic E-state index is 10.4. The van der Waals surface area contributed by atoms with Crippen molar-refractivity contribution in [2.24, 2.45) is 0 Å². The summed E-state index contributed by atoms with van der Waals surface area (Å²) >= 11 is 0. The lowest BCUT2D eigenvalue weighted by atomic mass is 9.98. The normalized spacial score (nSPS) is 11.1. The molecule has 8 aromatic carbocycles. The van der Waals surface area contributed by atoms with Crippen molar-refractivity contribution in [2.75, 3.05) is 0 Å². The molecular weight excluding hydrogens is 733 g/mol. The van der Waals surface area contributed by atoms with Crippen LogP contribution in [-0.2, 0) is 0 Å². The molecule has 0 fully saturated rings. The smallest absolute Gasteiger partial charge is 0.101 e. The Hall–Kier alpha value is -8.68. The van der Waals surface area contributed by atoms with Crippen LogP contribution in [0, 0.1) is 59.2 Å². The van der Waals surface area contributed by atoms with Crippen LogP contribution >= 0.6 is 0 Å². The molecule has 0 spiro atoms. The van der Waals surface area contributed by atoms with Crippen LogP contribution in [0.3, 0.4) is 0 Å². The van der Waals surface area contributed by atoms with E-state index in [-0.39, 0.29) is 0 Å². The molecule has 6 nitrogen and oxygen atoms in total. The van der Waals surface area contributed by atoms with Gasteiger partial charge in [0.1, 0.15) is 12.1 Å². The van der Waals surface area contributed by atoms with E-state index in [4.69, 9.17) is 0 Å². The number of benzene rings is 8. The second-order valence-corrected chi connectivity index (χ2v) is 15.2. The van der Waals surface area contributed by atoms with Crippen LogP contribution in [0.2, 0.25) is 0 Å². The third kappa shape index (κ3) is 5.61. The first-order valence-electron chi connectivity index (χ1n) is 19.6. The minimum atomic E-state index is 0.440. The molecule has 0 bridgehead atoms. The zero-order valence-corrected chi connectivity index (χ0v) is 32.7. The second kappa shape index (κ2) is 14.1. The first kappa shape index (κ1) is 35.7. The number of aryl methyl sites for hydroxylation is 2. The summed E-state index contributed by atoms with van der Waals surface area (Å²) in [4.78, 5) is 0. The van der Waals surface area contributed by atoms with Gasteiger partial charge in [0.15, 0.2) is 0 Å². The molecule has 0 N–H and O–H groups in total. The molecule has 10 aromatic rings. The molecule has 60 heavy (non-hydrogen) atoms. The van der Waals surface area contributed by atoms with Gasteiger partial charge in [-0.3, -0.25) is 0 Å². The van der Waals surface area contributed by atoms with Crippen molar-refractivity contribution in [3.05, 3.63) is 191 Å². The molecule has 0 saturated heterocycles. The predicted octanol–water partition coefficient (Wildman–Crippen LogP) is 13.0. The Morgan fingerprint density at radius 3 is 0.950 bits per heavy atom. The zero-order valence-electron chi connectivity index (χ0n) is 32.7. The Balaban J connectivity index is 1.24. The average Bonchev–Trinajstić information content (AvgIpc) is 3.79. The third-order valence-electron chi connectivity index (χ3n) is 11.6. The van der Waals surface area contributed by atoms with Crippen LogP contribution in [0.4, 0.5) is 0 Å². The summed E-state index contributed by atoms with van der Waals surface area (Å²) in [5.74, 6) is 0. The van der Waals surface area contributed by atoms with E-state index >= 15 is 0 Å². The monoisotopic (exact) mass is 764 g/mol. The molecule has 2 heterocycles. The lowest BCUT2D eigenvalue weighted by Gasteiger charge is -2.14. The third-order valence-corrected chi connectivity index (χ3v) is 11.6. The van der Waals surface area contributed by atoms with Crippen LogP contribution in [0.25, 0.3) is 88.4 Å². The summed E-state index contributed by atoms with van der Waals surface area (Å²) in [5, 5.41) is 44.4. The molecule has 0 aliphatic carbocycles. The molecule has 2 aromatic heterocycles. The number of nitrogens with zero attached hydrogens (tertiary/aromatic N) is 6. The van der Waals surface area contributed by atoms with E-state index in [9.17, 15) is 21.0 Å². The van der Waals surface area contributed by atoms with Crippen molar-refractivity contribution in [1.29, 1.82) is 21.0 Å². The molecular formula is C54H32N6. The average molecular weight is 765 g/mol. The van der Waals surface area contributed by atoms with E-state index < -0.39 is 0 Å². The number of aromatic nitrogens is 2. The summed E-state index contributed by atoms with van der Waals surface area (Å²) in [6, 6.07) is 62.8. The molecule has 6 heteroatoms. The Morgan fingerprint density at radius 2 is 0.650 bits per heavy atom. The number of fused-ring (bicyclic) bond motifs is 6. The number of hydrogen-bond donors (Lipinski definition) is 0. The molecule has 0 aliphatic rings.